The van der Waals surface area contributed by atoms with E-state index in [9.17, 15) is 4.39 Å². The lowest BCUT2D eigenvalue weighted by molar-refractivity contribution is 0.622. The Bertz CT molecular complexity index is 568. The number of nitrogens with zero attached hydrogens (tertiary/aromatic N) is 3. The second-order valence-corrected chi connectivity index (χ2v) is 5.84. The molecule has 0 unspecified atom stereocenters. The van der Waals surface area contributed by atoms with Crippen LogP contribution in [0, 0.1) is 5.82 Å². The van der Waals surface area contributed by atoms with Crippen LogP contribution in [0.15, 0.2) is 29.8 Å². The average Bonchev–Trinajstić information content (AvgIpc) is 3.01. The van der Waals surface area contributed by atoms with Crippen molar-refractivity contribution in [2.45, 2.75) is 5.88 Å². The number of halogens is 2. The fraction of sp³-hybridized carbons (Fsp3) is 0.357. The first-order valence-corrected chi connectivity index (χ1v) is 7.93. The number of piperazine rings is 1. The topological polar surface area (TPSA) is 19.4 Å². The molecular weight excluding hydrogens is 297 g/mol. The van der Waals surface area contributed by atoms with Crippen molar-refractivity contribution in [3.05, 3.63) is 41.2 Å². The largest absolute Gasteiger partial charge is 0.368 e. The first-order valence-electron chi connectivity index (χ1n) is 6.51. The minimum Gasteiger partial charge on any atom is -0.368 e. The van der Waals surface area contributed by atoms with Gasteiger partial charge in [-0.05, 0) is 23.8 Å². The number of rotatable bonds is 3. The van der Waals surface area contributed by atoms with Gasteiger partial charge in [0.05, 0.1) is 0 Å². The lowest BCUT2D eigenvalue weighted by Gasteiger charge is -2.36. The minimum atomic E-state index is -0.231. The minimum absolute atomic E-state index is 0.231. The summed E-state index contributed by atoms with van der Waals surface area (Å²) in [5.74, 6) is 0.102. The van der Waals surface area contributed by atoms with Gasteiger partial charge in [-0.1, -0.05) is 0 Å². The smallest absolute Gasteiger partial charge is 0.185 e. The van der Waals surface area contributed by atoms with Gasteiger partial charge in [-0.3, -0.25) is 0 Å². The fourth-order valence-corrected chi connectivity index (χ4v) is 3.39. The Morgan fingerprint density at radius 2 is 1.95 bits per heavy atom. The van der Waals surface area contributed by atoms with E-state index < -0.39 is 0 Å². The highest BCUT2D eigenvalue weighted by Gasteiger charge is 2.20. The number of anilines is 2. The molecule has 0 spiro atoms. The van der Waals surface area contributed by atoms with E-state index in [1.165, 1.54) is 12.1 Å². The Balaban J connectivity index is 1.72. The van der Waals surface area contributed by atoms with E-state index in [-0.39, 0.29) is 5.82 Å². The SMILES string of the molecule is Fc1ccc(N2CCN(c3nccs3)CC2)c(CCl)c1. The van der Waals surface area contributed by atoms with Crippen LogP contribution in [-0.4, -0.2) is 31.2 Å². The Morgan fingerprint density at radius 3 is 2.60 bits per heavy atom. The lowest BCUT2D eigenvalue weighted by atomic mass is 10.1. The van der Waals surface area contributed by atoms with Gasteiger partial charge in [-0.15, -0.1) is 22.9 Å². The van der Waals surface area contributed by atoms with Crippen molar-refractivity contribution in [1.29, 1.82) is 0 Å². The monoisotopic (exact) mass is 311 g/mol. The molecule has 20 heavy (non-hydrogen) atoms. The van der Waals surface area contributed by atoms with E-state index in [4.69, 9.17) is 11.6 Å². The van der Waals surface area contributed by atoms with Crippen LogP contribution in [0.3, 0.4) is 0 Å². The predicted octanol–water partition coefficient (Wildman–Crippen LogP) is 3.35. The predicted molar refractivity (Wildman–Crippen MR) is 82.5 cm³/mol. The van der Waals surface area contributed by atoms with Crippen LogP contribution >= 0.6 is 22.9 Å². The van der Waals surface area contributed by atoms with Gasteiger partial charge in [-0.2, -0.15) is 0 Å². The maximum absolute atomic E-state index is 13.3. The zero-order valence-electron chi connectivity index (χ0n) is 10.9. The Hall–Kier alpha value is -1.33. The number of hydrogen-bond acceptors (Lipinski definition) is 4. The van der Waals surface area contributed by atoms with Crippen molar-refractivity contribution in [3.8, 4) is 0 Å². The van der Waals surface area contributed by atoms with Crippen LogP contribution < -0.4 is 9.80 Å². The molecule has 6 heteroatoms. The third-order valence-corrected chi connectivity index (χ3v) is 4.62. The normalized spacial score (nSPS) is 15.7. The van der Waals surface area contributed by atoms with Gasteiger partial charge in [0.1, 0.15) is 5.82 Å². The van der Waals surface area contributed by atoms with E-state index in [0.717, 1.165) is 42.6 Å². The van der Waals surface area contributed by atoms with Crippen molar-refractivity contribution in [2.75, 3.05) is 36.0 Å². The number of thiazole rings is 1. The maximum Gasteiger partial charge on any atom is 0.185 e. The molecule has 1 aromatic heterocycles. The Morgan fingerprint density at radius 1 is 1.20 bits per heavy atom. The molecule has 2 heterocycles. The first-order chi connectivity index (χ1) is 9.78. The Labute approximate surface area is 126 Å². The van der Waals surface area contributed by atoms with E-state index in [1.807, 2.05) is 17.6 Å². The fourth-order valence-electron chi connectivity index (χ4n) is 2.48. The highest BCUT2D eigenvalue weighted by molar-refractivity contribution is 7.13. The highest BCUT2D eigenvalue weighted by Crippen LogP contribution is 2.26. The van der Waals surface area contributed by atoms with Crippen LogP contribution in [0.5, 0.6) is 0 Å². The van der Waals surface area contributed by atoms with Crippen molar-refractivity contribution in [1.82, 2.24) is 4.98 Å². The lowest BCUT2D eigenvalue weighted by Crippen LogP contribution is -2.46. The van der Waals surface area contributed by atoms with E-state index >= 15 is 0 Å². The molecule has 1 aliphatic heterocycles. The summed E-state index contributed by atoms with van der Waals surface area (Å²) in [6, 6.07) is 4.85. The third kappa shape index (κ3) is 2.74. The van der Waals surface area contributed by atoms with Gasteiger partial charge in [0.25, 0.3) is 0 Å². The van der Waals surface area contributed by atoms with Crippen molar-refractivity contribution in [2.24, 2.45) is 0 Å². The molecule has 0 amide bonds. The second-order valence-electron chi connectivity index (χ2n) is 4.70. The second kappa shape index (κ2) is 5.97. The summed E-state index contributed by atoms with van der Waals surface area (Å²) in [4.78, 5) is 8.89. The Kier molecular flexibility index (Phi) is 4.08. The summed E-state index contributed by atoms with van der Waals surface area (Å²) in [6.07, 6.45) is 1.83. The molecule has 1 aromatic carbocycles. The molecule has 0 aliphatic carbocycles. The molecule has 3 rings (SSSR count). The molecule has 0 radical (unpaired) electrons. The number of alkyl halides is 1. The van der Waals surface area contributed by atoms with Gasteiger partial charge in [0.15, 0.2) is 5.13 Å². The quantitative estimate of drug-likeness (QED) is 0.810. The van der Waals surface area contributed by atoms with Crippen molar-refractivity contribution < 1.29 is 4.39 Å². The molecule has 0 atom stereocenters. The molecule has 1 fully saturated rings. The van der Waals surface area contributed by atoms with Gasteiger partial charge < -0.3 is 9.80 Å². The van der Waals surface area contributed by atoms with Crippen LogP contribution in [0.2, 0.25) is 0 Å². The number of aromatic nitrogens is 1. The zero-order chi connectivity index (χ0) is 13.9. The molecule has 2 aromatic rings. The van der Waals surface area contributed by atoms with Crippen molar-refractivity contribution in [3.63, 3.8) is 0 Å². The van der Waals surface area contributed by atoms with Gasteiger partial charge in [0.2, 0.25) is 0 Å². The summed E-state index contributed by atoms with van der Waals surface area (Å²) >= 11 is 7.58. The van der Waals surface area contributed by atoms with Gasteiger partial charge in [-0.25, -0.2) is 9.37 Å². The zero-order valence-corrected chi connectivity index (χ0v) is 12.5. The molecule has 1 saturated heterocycles. The molecule has 1 aliphatic rings. The summed E-state index contributed by atoms with van der Waals surface area (Å²) in [6.45, 7) is 3.64. The molecule has 106 valence electrons. The van der Waals surface area contributed by atoms with Gasteiger partial charge in [0, 0.05) is 49.3 Å². The number of hydrogen-bond donors (Lipinski definition) is 0. The van der Waals surface area contributed by atoms with E-state index in [1.54, 1.807) is 11.3 Å². The number of benzene rings is 1. The summed E-state index contributed by atoms with van der Waals surface area (Å²) in [7, 11) is 0. The van der Waals surface area contributed by atoms with Gasteiger partial charge >= 0.3 is 0 Å². The molecular formula is C14H15ClFN3S. The molecule has 3 nitrogen and oxygen atoms in total. The van der Waals surface area contributed by atoms with E-state index in [0.29, 0.717) is 5.88 Å². The summed E-state index contributed by atoms with van der Waals surface area (Å²) in [5.41, 5.74) is 1.90. The molecule has 0 bridgehead atoms. The highest BCUT2D eigenvalue weighted by atomic mass is 35.5. The standard InChI is InChI=1S/C14H15ClFN3S/c15-10-11-9-12(16)1-2-13(11)18-4-6-19(7-5-18)14-17-3-8-20-14/h1-3,8-9H,4-7,10H2. The van der Waals surface area contributed by atoms with E-state index in [2.05, 4.69) is 14.8 Å². The van der Waals surface area contributed by atoms with Crippen molar-refractivity contribution >= 4 is 33.8 Å². The average molecular weight is 312 g/mol. The summed E-state index contributed by atoms with van der Waals surface area (Å²) < 4.78 is 13.3. The summed E-state index contributed by atoms with van der Waals surface area (Å²) in [5, 5.41) is 3.06. The molecule has 0 saturated carbocycles. The maximum atomic E-state index is 13.3. The third-order valence-electron chi connectivity index (χ3n) is 3.50. The molecule has 0 N–H and O–H groups in total. The first kappa shape index (κ1) is 13.6. The van der Waals surface area contributed by atoms with Crippen LogP contribution in [0.4, 0.5) is 15.2 Å². The van der Waals surface area contributed by atoms with Crippen LogP contribution in [0.25, 0.3) is 0 Å². The van der Waals surface area contributed by atoms with Crippen LogP contribution in [0.1, 0.15) is 5.56 Å². The van der Waals surface area contributed by atoms with Crippen LogP contribution in [-0.2, 0) is 5.88 Å².